The average Bonchev–Trinajstić information content (AvgIpc) is 2.34. The number of hydrogen-bond acceptors (Lipinski definition) is 3. The third-order valence-corrected chi connectivity index (χ3v) is 3.51. The molecular weight excluding hydrogens is 258 g/mol. The minimum absolute atomic E-state index is 0.0457. The second-order valence-electron chi connectivity index (χ2n) is 5.90. The smallest absolute Gasteiger partial charge is 0.315 e. The molecule has 0 aromatic rings. The van der Waals surface area contributed by atoms with Crippen molar-refractivity contribution < 1.29 is 14.7 Å². The van der Waals surface area contributed by atoms with Gasteiger partial charge in [0.05, 0.1) is 0 Å². The lowest BCUT2D eigenvalue weighted by Gasteiger charge is -2.27. The Morgan fingerprint density at radius 3 is 2.45 bits per heavy atom. The molecule has 0 aromatic carbocycles. The first-order valence-electron chi connectivity index (χ1n) is 7.16. The van der Waals surface area contributed by atoms with Gasteiger partial charge in [0.25, 0.3) is 0 Å². The number of likely N-dealkylation sites (N-methyl/N-ethyl adjacent to an activating group) is 1. The van der Waals surface area contributed by atoms with Gasteiger partial charge in [0, 0.05) is 31.1 Å². The van der Waals surface area contributed by atoms with Crippen molar-refractivity contribution in [2.24, 2.45) is 0 Å². The number of carboxylic acid groups (broad SMARTS) is 1. The molecule has 2 amide bonds. The summed E-state index contributed by atoms with van der Waals surface area (Å²) in [5.74, 6) is -0.851. The Balaban J connectivity index is 3.95. The average molecular weight is 287 g/mol. The van der Waals surface area contributed by atoms with Gasteiger partial charge in [0.2, 0.25) is 0 Å². The van der Waals surface area contributed by atoms with Gasteiger partial charge in [0.1, 0.15) is 0 Å². The van der Waals surface area contributed by atoms with Gasteiger partial charge in [0.15, 0.2) is 0 Å². The molecule has 0 saturated carbocycles. The summed E-state index contributed by atoms with van der Waals surface area (Å²) in [5, 5.41) is 14.2. The Hall–Kier alpha value is -1.30. The molecule has 3 N–H and O–H groups in total. The van der Waals surface area contributed by atoms with E-state index < -0.39 is 11.5 Å². The lowest BCUT2D eigenvalue weighted by Crippen LogP contribution is -2.50. The molecule has 1 atom stereocenters. The number of amides is 2. The second kappa shape index (κ2) is 8.79. The first-order valence-corrected chi connectivity index (χ1v) is 7.16. The first kappa shape index (κ1) is 18.7. The van der Waals surface area contributed by atoms with Crippen LogP contribution in [0.5, 0.6) is 0 Å². The summed E-state index contributed by atoms with van der Waals surface area (Å²) in [4.78, 5) is 24.5. The van der Waals surface area contributed by atoms with Crippen molar-refractivity contribution in [3.8, 4) is 0 Å². The molecule has 0 rings (SSSR count). The lowest BCUT2D eigenvalue weighted by molar-refractivity contribution is -0.137. The zero-order valence-electron chi connectivity index (χ0n) is 13.3. The van der Waals surface area contributed by atoms with E-state index in [1.807, 2.05) is 20.9 Å². The van der Waals surface area contributed by atoms with Crippen LogP contribution in [-0.2, 0) is 4.79 Å². The summed E-state index contributed by atoms with van der Waals surface area (Å²) >= 11 is 0. The summed E-state index contributed by atoms with van der Waals surface area (Å²) in [6.07, 6.45) is 1.53. The molecule has 0 aromatic heterocycles. The molecule has 0 bridgehead atoms. The molecule has 6 nitrogen and oxygen atoms in total. The highest BCUT2D eigenvalue weighted by Crippen LogP contribution is 2.10. The molecule has 6 heteroatoms. The number of carbonyl (C=O) groups is 2. The summed E-state index contributed by atoms with van der Waals surface area (Å²) in [7, 11) is 2.03. The summed E-state index contributed by atoms with van der Waals surface area (Å²) in [6.45, 7) is 9.28. The maximum Gasteiger partial charge on any atom is 0.315 e. The molecule has 0 aliphatic rings. The number of carbonyl (C=O) groups excluding carboxylic acids is 1. The summed E-state index contributed by atoms with van der Waals surface area (Å²) in [6, 6.07) is 0.241. The Bertz CT molecular complexity index is 319. The SMILES string of the molecule is CCC(C)N(C)CCNC(=O)NC(C)(C)CCC(=O)O. The van der Waals surface area contributed by atoms with Crippen LogP contribution in [0.4, 0.5) is 4.79 Å². The number of hydrogen-bond donors (Lipinski definition) is 3. The van der Waals surface area contributed by atoms with Crippen molar-refractivity contribution in [2.75, 3.05) is 20.1 Å². The quantitative estimate of drug-likeness (QED) is 0.602. The predicted molar refractivity (Wildman–Crippen MR) is 79.9 cm³/mol. The molecule has 0 aliphatic heterocycles. The molecule has 20 heavy (non-hydrogen) atoms. The van der Waals surface area contributed by atoms with Crippen LogP contribution in [0.25, 0.3) is 0 Å². The van der Waals surface area contributed by atoms with Crippen LogP contribution in [0.3, 0.4) is 0 Å². The minimum atomic E-state index is -0.851. The fourth-order valence-corrected chi connectivity index (χ4v) is 1.71. The van der Waals surface area contributed by atoms with E-state index in [0.717, 1.165) is 13.0 Å². The molecule has 0 aliphatic carbocycles. The Morgan fingerprint density at radius 1 is 1.35 bits per heavy atom. The number of carboxylic acids is 1. The lowest BCUT2D eigenvalue weighted by atomic mass is 9.99. The highest BCUT2D eigenvalue weighted by Gasteiger charge is 2.21. The first-order chi connectivity index (χ1) is 9.18. The van der Waals surface area contributed by atoms with Crippen LogP contribution < -0.4 is 10.6 Å². The number of aliphatic carboxylic acids is 1. The van der Waals surface area contributed by atoms with Crippen molar-refractivity contribution in [1.29, 1.82) is 0 Å². The Morgan fingerprint density at radius 2 is 1.95 bits per heavy atom. The van der Waals surface area contributed by atoms with E-state index in [0.29, 0.717) is 19.0 Å². The van der Waals surface area contributed by atoms with Gasteiger partial charge in [-0.15, -0.1) is 0 Å². The topological polar surface area (TPSA) is 81.7 Å². The standard InChI is InChI=1S/C14H29N3O3/c1-6-11(2)17(5)10-9-15-13(20)16-14(3,4)8-7-12(18)19/h11H,6-10H2,1-5H3,(H,18,19)(H2,15,16,20). The van der Waals surface area contributed by atoms with Crippen molar-refractivity contribution in [3.63, 3.8) is 0 Å². The molecule has 118 valence electrons. The second-order valence-corrected chi connectivity index (χ2v) is 5.90. The van der Waals surface area contributed by atoms with Crippen LogP contribution in [-0.4, -0.2) is 53.7 Å². The number of nitrogens with zero attached hydrogens (tertiary/aromatic N) is 1. The fourth-order valence-electron chi connectivity index (χ4n) is 1.71. The van der Waals surface area contributed by atoms with Gasteiger partial charge in [-0.2, -0.15) is 0 Å². The molecule has 0 saturated heterocycles. The predicted octanol–water partition coefficient (Wildman–Crippen LogP) is 1.66. The van der Waals surface area contributed by atoms with E-state index in [-0.39, 0.29) is 12.5 Å². The van der Waals surface area contributed by atoms with Gasteiger partial charge < -0.3 is 20.6 Å². The zero-order valence-corrected chi connectivity index (χ0v) is 13.3. The number of nitrogens with one attached hydrogen (secondary N) is 2. The molecule has 0 spiro atoms. The molecule has 0 radical (unpaired) electrons. The van der Waals surface area contributed by atoms with Gasteiger partial charge in [-0.25, -0.2) is 4.79 Å². The van der Waals surface area contributed by atoms with Crippen molar-refractivity contribution in [2.45, 2.75) is 58.5 Å². The van der Waals surface area contributed by atoms with Crippen LogP contribution >= 0.6 is 0 Å². The Kier molecular flexibility index (Phi) is 8.22. The highest BCUT2D eigenvalue weighted by atomic mass is 16.4. The van der Waals surface area contributed by atoms with Crippen LogP contribution in [0, 0.1) is 0 Å². The van der Waals surface area contributed by atoms with Gasteiger partial charge in [-0.05, 0) is 40.7 Å². The minimum Gasteiger partial charge on any atom is -0.481 e. The van der Waals surface area contributed by atoms with Gasteiger partial charge in [-0.1, -0.05) is 6.92 Å². The normalized spacial score (nSPS) is 13.1. The van der Waals surface area contributed by atoms with E-state index >= 15 is 0 Å². The third-order valence-electron chi connectivity index (χ3n) is 3.51. The molecule has 0 heterocycles. The van der Waals surface area contributed by atoms with Crippen LogP contribution in [0.1, 0.15) is 47.0 Å². The Labute approximate surface area is 121 Å². The van der Waals surface area contributed by atoms with Crippen molar-refractivity contribution >= 4 is 12.0 Å². The number of urea groups is 1. The van der Waals surface area contributed by atoms with Crippen LogP contribution in [0.15, 0.2) is 0 Å². The maximum absolute atomic E-state index is 11.7. The van der Waals surface area contributed by atoms with Gasteiger partial charge >= 0.3 is 12.0 Å². The highest BCUT2D eigenvalue weighted by molar-refractivity contribution is 5.74. The molecule has 1 unspecified atom stereocenters. The van der Waals surface area contributed by atoms with Crippen LogP contribution in [0.2, 0.25) is 0 Å². The fraction of sp³-hybridized carbons (Fsp3) is 0.857. The number of rotatable bonds is 9. The molecular formula is C14H29N3O3. The van der Waals surface area contributed by atoms with E-state index in [2.05, 4.69) is 29.4 Å². The largest absolute Gasteiger partial charge is 0.481 e. The van der Waals surface area contributed by atoms with Crippen molar-refractivity contribution in [3.05, 3.63) is 0 Å². The summed E-state index contributed by atoms with van der Waals surface area (Å²) in [5.41, 5.74) is -0.523. The summed E-state index contributed by atoms with van der Waals surface area (Å²) < 4.78 is 0. The van der Waals surface area contributed by atoms with Gasteiger partial charge in [-0.3, -0.25) is 4.79 Å². The third kappa shape index (κ3) is 8.74. The van der Waals surface area contributed by atoms with E-state index in [1.165, 1.54) is 0 Å². The van der Waals surface area contributed by atoms with Crippen molar-refractivity contribution in [1.82, 2.24) is 15.5 Å². The maximum atomic E-state index is 11.7. The van der Waals surface area contributed by atoms with E-state index in [1.54, 1.807) is 0 Å². The monoisotopic (exact) mass is 287 g/mol. The van der Waals surface area contributed by atoms with E-state index in [9.17, 15) is 9.59 Å². The zero-order chi connectivity index (χ0) is 15.8. The van der Waals surface area contributed by atoms with E-state index in [4.69, 9.17) is 5.11 Å². The molecule has 0 fully saturated rings.